The Kier molecular flexibility index (Phi) is 3.50. The molecule has 6 heteroatoms. The van der Waals surface area contributed by atoms with Gasteiger partial charge in [0.15, 0.2) is 0 Å². The molecule has 1 amide bonds. The number of hydrogen-bond donors (Lipinski definition) is 1. The van der Waals surface area contributed by atoms with Crippen molar-refractivity contribution in [2.45, 2.75) is 56.8 Å². The summed E-state index contributed by atoms with van der Waals surface area (Å²) in [5, 5.41) is 9.82. The summed E-state index contributed by atoms with van der Waals surface area (Å²) in [6.07, 6.45) is 4.67. The van der Waals surface area contributed by atoms with Crippen molar-refractivity contribution in [3.8, 4) is 0 Å². The molecule has 1 N–H and O–H groups in total. The van der Waals surface area contributed by atoms with Crippen molar-refractivity contribution in [3.05, 3.63) is 24.0 Å². The Balaban J connectivity index is 1.88. The molecule has 0 aliphatic carbocycles. The summed E-state index contributed by atoms with van der Waals surface area (Å²) in [4.78, 5) is 14.3. The number of alkyl halides is 2. The number of nitrogens with zero attached hydrogens (tertiary/aromatic N) is 2. The van der Waals surface area contributed by atoms with Crippen LogP contribution in [-0.4, -0.2) is 38.7 Å². The number of carbonyl (C=O) groups is 1. The fraction of sp³-hybridized carbons (Fsp3) is 0.643. The summed E-state index contributed by atoms with van der Waals surface area (Å²) in [5.41, 5.74) is 0.0355. The smallest absolute Gasteiger partial charge is 0.319 e. The number of rotatable bonds is 2. The minimum atomic E-state index is -2.71. The molecule has 1 aromatic heterocycles. The lowest BCUT2D eigenvalue weighted by Gasteiger charge is -2.47. The van der Waals surface area contributed by atoms with Crippen LogP contribution < -0.4 is 0 Å². The van der Waals surface area contributed by atoms with E-state index in [2.05, 4.69) is 0 Å². The van der Waals surface area contributed by atoms with Gasteiger partial charge in [-0.05, 0) is 44.2 Å². The van der Waals surface area contributed by atoms with Gasteiger partial charge in [-0.1, -0.05) is 0 Å². The molecule has 3 rings (SSSR count). The molecule has 3 atom stereocenters. The van der Waals surface area contributed by atoms with Gasteiger partial charge in [0.2, 0.25) is 0 Å². The highest BCUT2D eigenvalue weighted by Gasteiger charge is 2.41. The summed E-state index contributed by atoms with van der Waals surface area (Å²) in [6.45, 7) is -2.71. The Hall–Kier alpha value is -1.43. The van der Waals surface area contributed by atoms with E-state index in [1.54, 1.807) is 4.90 Å². The van der Waals surface area contributed by atoms with Crippen molar-refractivity contribution in [1.29, 1.82) is 0 Å². The van der Waals surface area contributed by atoms with E-state index in [1.807, 2.05) is 0 Å². The summed E-state index contributed by atoms with van der Waals surface area (Å²) in [6, 6.07) is 2.86. The minimum absolute atomic E-state index is 0.0222. The highest BCUT2D eigenvalue weighted by Crippen LogP contribution is 2.35. The van der Waals surface area contributed by atoms with Crippen molar-refractivity contribution < 1.29 is 18.7 Å². The zero-order valence-corrected chi connectivity index (χ0v) is 11.1. The molecule has 20 heavy (non-hydrogen) atoms. The van der Waals surface area contributed by atoms with Crippen LogP contribution in [0.5, 0.6) is 0 Å². The first-order valence-corrected chi connectivity index (χ1v) is 7.03. The molecule has 2 aliphatic heterocycles. The first-order valence-electron chi connectivity index (χ1n) is 7.03. The van der Waals surface area contributed by atoms with Crippen molar-refractivity contribution in [3.63, 3.8) is 0 Å². The lowest BCUT2D eigenvalue weighted by Crippen LogP contribution is -2.56. The number of amides is 1. The van der Waals surface area contributed by atoms with Crippen LogP contribution in [0.25, 0.3) is 0 Å². The second kappa shape index (κ2) is 5.16. The molecule has 0 spiro atoms. The van der Waals surface area contributed by atoms with Crippen LogP contribution >= 0.6 is 0 Å². The van der Waals surface area contributed by atoms with Crippen LogP contribution in [0.1, 0.15) is 49.1 Å². The van der Waals surface area contributed by atoms with E-state index in [-0.39, 0.29) is 29.8 Å². The molecule has 0 aromatic carbocycles. The molecule has 2 saturated heterocycles. The minimum Gasteiger partial charge on any atom is -0.393 e. The second-order valence-electron chi connectivity index (χ2n) is 5.65. The molecule has 1 unspecified atom stereocenters. The Morgan fingerprint density at radius 2 is 1.95 bits per heavy atom. The predicted molar refractivity (Wildman–Crippen MR) is 68.5 cm³/mol. The van der Waals surface area contributed by atoms with Gasteiger partial charge in [-0.25, -0.2) is 0 Å². The van der Waals surface area contributed by atoms with Crippen LogP contribution in [0, 0.1) is 0 Å². The number of carbonyl (C=O) groups excluding carboxylic acids is 1. The number of aliphatic hydroxyl groups excluding tert-OH is 1. The summed E-state index contributed by atoms with van der Waals surface area (Å²) >= 11 is 0. The van der Waals surface area contributed by atoms with Crippen LogP contribution in [0.2, 0.25) is 0 Å². The van der Waals surface area contributed by atoms with Gasteiger partial charge in [-0.15, -0.1) is 0 Å². The van der Waals surface area contributed by atoms with Gasteiger partial charge in [0.1, 0.15) is 5.69 Å². The van der Waals surface area contributed by atoms with Crippen LogP contribution in [0.4, 0.5) is 8.78 Å². The quantitative estimate of drug-likeness (QED) is 0.906. The van der Waals surface area contributed by atoms with E-state index >= 15 is 0 Å². The van der Waals surface area contributed by atoms with Gasteiger partial charge in [-0.2, -0.15) is 8.78 Å². The fourth-order valence-corrected chi connectivity index (χ4v) is 3.56. The highest BCUT2D eigenvalue weighted by molar-refractivity contribution is 5.93. The van der Waals surface area contributed by atoms with Gasteiger partial charge in [0.25, 0.3) is 5.91 Å². The standard InChI is InChI=1S/C14H18F2N2O2/c15-14(16)17-6-2-5-12(17)13(20)18-9-3-1-4-10(18)8-11(19)7-9/h2,5-6,9-11,14,19H,1,3-4,7-8H2/t9-,10+,11?. The van der Waals surface area contributed by atoms with E-state index in [0.717, 1.165) is 19.3 Å². The Labute approximate surface area is 116 Å². The Bertz CT molecular complexity index is 489. The van der Waals surface area contributed by atoms with E-state index in [1.165, 1.54) is 18.3 Å². The molecule has 3 heterocycles. The van der Waals surface area contributed by atoms with E-state index < -0.39 is 6.55 Å². The maximum atomic E-state index is 12.9. The zero-order chi connectivity index (χ0) is 14.3. The van der Waals surface area contributed by atoms with Crippen LogP contribution in [0.15, 0.2) is 18.3 Å². The fourth-order valence-electron chi connectivity index (χ4n) is 3.56. The molecule has 2 bridgehead atoms. The summed E-state index contributed by atoms with van der Waals surface area (Å²) in [7, 11) is 0. The Morgan fingerprint density at radius 3 is 2.55 bits per heavy atom. The van der Waals surface area contributed by atoms with Crippen molar-refractivity contribution in [2.24, 2.45) is 0 Å². The van der Waals surface area contributed by atoms with Gasteiger partial charge in [-0.3, -0.25) is 9.36 Å². The lowest BCUT2D eigenvalue weighted by atomic mass is 9.82. The highest BCUT2D eigenvalue weighted by atomic mass is 19.3. The number of hydrogen-bond acceptors (Lipinski definition) is 2. The number of piperidine rings is 2. The van der Waals surface area contributed by atoms with Crippen LogP contribution in [-0.2, 0) is 0 Å². The topological polar surface area (TPSA) is 45.5 Å². The second-order valence-corrected chi connectivity index (χ2v) is 5.65. The maximum absolute atomic E-state index is 12.9. The van der Waals surface area contributed by atoms with Gasteiger partial charge >= 0.3 is 6.55 Å². The molecule has 110 valence electrons. The first kappa shape index (κ1) is 13.5. The van der Waals surface area contributed by atoms with E-state index in [4.69, 9.17) is 0 Å². The van der Waals surface area contributed by atoms with Gasteiger partial charge < -0.3 is 10.0 Å². The lowest BCUT2D eigenvalue weighted by molar-refractivity contribution is -0.0171. The Morgan fingerprint density at radius 1 is 1.30 bits per heavy atom. The average Bonchev–Trinajstić information content (AvgIpc) is 2.86. The zero-order valence-electron chi connectivity index (χ0n) is 11.1. The third-order valence-corrected chi connectivity index (χ3v) is 4.39. The monoisotopic (exact) mass is 284 g/mol. The van der Waals surface area contributed by atoms with Crippen molar-refractivity contribution in [1.82, 2.24) is 9.47 Å². The van der Waals surface area contributed by atoms with E-state index in [9.17, 15) is 18.7 Å². The molecular weight excluding hydrogens is 266 g/mol. The number of aromatic nitrogens is 1. The number of halogens is 2. The van der Waals surface area contributed by atoms with Gasteiger partial charge in [0.05, 0.1) is 6.10 Å². The molecule has 1 aromatic rings. The largest absolute Gasteiger partial charge is 0.393 e. The maximum Gasteiger partial charge on any atom is 0.319 e. The third-order valence-electron chi connectivity index (χ3n) is 4.39. The number of aliphatic hydroxyl groups is 1. The predicted octanol–water partition coefficient (Wildman–Crippen LogP) is 2.40. The third kappa shape index (κ3) is 2.22. The molecule has 2 aliphatic rings. The molecular formula is C14H18F2N2O2. The van der Waals surface area contributed by atoms with Crippen molar-refractivity contribution >= 4 is 5.91 Å². The van der Waals surface area contributed by atoms with Gasteiger partial charge in [0, 0.05) is 18.3 Å². The first-order chi connectivity index (χ1) is 9.58. The van der Waals surface area contributed by atoms with E-state index in [0.29, 0.717) is 17.4 Å². The average molecular weight is 284 g/mol. The molecule has 4 nitrogen and oxygen atoms in total. The van der Waals surface area contributed by atoms with Crippen LogP contribution in [0.3, 0.4) is 0 Å². The molecule has 0 saturated carbocycles. The van der Waals surface area contributed by atoms with Crippen molar-refractivity contribution in [2.75, 3.05) is 0 Å². The normalized spacial score (nSPS) is 29.8. The SMILES string of the molecule is O=C(c1cccn1C(F)F)N1[C@@H]2CCC[C@H]1CC(O)C2. The summed E-state index contributed by atoms with van der Waals surface area (Å²) in [5.74, 6) is -0.336. The summed E-state index contributed by atoms with van der Waals surface area (Å²) < 4.78 is 26.5. The number of fused-ring (bicyclic) bond motifs is 2. The molecule has 0 radical (unpaired) electrons. The molecule has 2 fully saturated rings.